The highest BCUT2D eigenvalue weighted by Crippen LogP contribution is 2.12. The van der Waals surface area contributed by atoms with Crippen molar-refractivity contribution in [2.75, 3.05) is 0 Å². The number of aryl methyl sites for hydroxylation is 1. The van der Waals surface area contributed by atoms with Crippen molar-refractivity contribution >= 4 is 33.2 Å². The number of nitrogens with one attached hydrogen (secondary N) is 1. The minimum Gasteiger partial charge on any atom is -0.346 e. The Morgan fingerprint density at radius 2 is 2.12 bits per heavy atom. The predicted octanol–water partition coefficient (Wildman–Crippen LogP) is 3.14. The maximum Gasteiger partial charge on any atom is 0.251 e. The number of rotatable bonds is 3. The summed E-state index contributed by atoms with van der Waals surface area (Å²) in [6.07, 6.45) is 1.81. The normalized spacial score (nSPS) is 10.2. The van der Waals surface area contributed by atoms with Crippen LogP contribution in [0.3, 0.4) is 0 Å². The van der Waals surface area contributed by atoms with Crippen LogP contribution in [0.2, 0.25) is 0 Å². The number of hydrogen-bond donors (Lipinski definition) is 1. The molecule has 0 fully saturated rings. The van der Waals surface area contributed by atoms with Crippen molar-refractivity contribution in [2.45, 2.75) is 13.5 Å². The van der Waals surface area contributed by atoms with Gasteiger partial charge in [0.15, 0.2) is 0 Å². The Morgan fingerprint density at radius 1 is 1.41 bits per heavy atom. The second-order valence-corrected chi connectivity index (χ2v) is 5.79. The Balaban J connectivity index is 1.95. The van der Waals surface area contributed by atoms with Gasteiger partial charge >= 0.3 is 0 Å². The summed E-state index contributed by atoms with van der Waals surface area (Å²) in [6.45, 7) is 2.48. The molecule has 0 spiro atoms. The number of aromatic nitrogens is 1. The summed E-state index contributed by atoms with van der Waals surface area (Å²) >= 11 is 4.93. The first kappa shape index (κ1) is 12.3. The van der Waals surface area contributed by atoms with Gasteiger partial charge in [-0.05, 0) is 31.2 Å². The third kappa shape index (κ3) is 3.38. The molecule has 17 heavy (non-hydrogen) atoms. The highest BCUT2D eigenvalue weighted by atomic mass is 79.9. The van der Waals surface area contributed by atoms with Gasteiger partial charge in [0.1, 0.15) is 5.01 Å². The maximum absolute atomic E-state index is 11.8. The topological polar surface area (TPSA) is 42.0 Å². The molecule has 1 amide bonds. The van der Waals surface area contributed by atoms with Crippen molar-refractivity contribution in [1.29, 1.82) is 0 Å². The molecule has 0 aliphatic heterocycles. The lowest BCUT2D eigenvalue weighted by atomic mass is 10.2. The van der Waals surface area contributed by atoms with Gasteiger partial charge in [0.25, 0.3) is 5.91 Å². The van der Waals surface area contributed by atoms with Crippen LogP contribution in [0.4, 0.5) is 0 Å². The van der Waals surface area contributed by atoms with Crippen molar-refractivity contribution in [3.63, 3.8) is 0 Å². The van der Waals surface area contributed by atoms with Crippen LogP contribution in [0.25, 0.3) is 0 Å². The van der Waals surface area contributed by atoms with Gasteiger partial charge in [-0.3, -0.25) is 4.79 Å². The second-order valence-electron chi connectivity index (χ2n) is 3.55. The van der Waals surface area contributed by atoms with Crippen molar-refractivity contribution in [2.24, 2.45) is 0 Å². The zero-order valence-corrected chi connectivity index (χ0v) is 11.6. The Morgan fingerprint density at radius 3 is 2.71 bits per heavy atom. The molecule has 2 aromatic rings. The molecule has 0 atom stereocenters. The van der Waals surface area contributed by atoms with E-state index in [-0.39, 0.29) is 5.91 Å². The fourth-order valence-electron chi connectivity index (χ4n) is 1.34. The van der Waals surface area contributed by atoms with E-state index in [1.807, 2.05) is 25.3 Å². The van der Waals surface area contributed by atoms with E-state index >= 15 is 0 Å². The van der Waals surface area contributed by atoms with Gasteiger partial charge in [0.2, 0.25) is 0 Å². The molecule has 2 rings (SSSR count). The number of thiazole rings is 1. The number of carbonyl (C=O) groups is 1. The number of hydrogen-bond acceptors (Lipinski definition) is 3. The Hall–Kier alpha value is -1.20. The Bertz CT molecular complexity index is 522. The number of benzene rings is 1. The zero-order chi connectivity index (χ0) is 12.3. The average molecular weight is 311 g/mol. The van der Waals surface area contributed by atoms with E-state index < -0.39 is 0 Å². The first-order chi connectivity index (χ1) is 8.15. The standard InChI is InChI=1S/C12H11BrN2OS/c1-8-6-14-11(17-8)7-15-12(16)9-2-4-10(13)5-3-9/h2-6H,7H2,1H3,(H,15,16). The summed E-state index contributed by atoms with van der Waals surface area (Å²) in [4.78, 5) is 17.1. The van der Waals surface area contributed by atoms with E-state index in [1.165, 1.54) is 0 Å². The van der Waals surface area contributed by atoms with Crippen LogP contribution < -0.4 is 5.32 Å². The Labute approximate surface area is 112 Å². The first-order valence-electron chi connectivity index (χ1n) is 5.10. The van der Waals surface area contributed by atoms with Crippen LogP contribution in [0.1, 0.15) is 20.2 Å². The zero-order valence-electron chi connectivity index (χ0n) is 9.24. The smallest absolute Gasteiger partial charge is 0.251 e. The van der Waals surface area contributed by atoms with Crippen molar-refractivity contribution in [1.82, 2.24) is 10.3 Å². The summed E-state index contributed by atoms with van der Waals surface area (Å²) < 4.78 is 0.963. The lowest BCUT2D eigenvalue weighted by Crippen LogP contribution is -2.22. The molecular formula is C12H11BrN2OS. The van der Waals surface area contributed by atoms with Crippen LogP contribution in [0.15, 0.2) is 34.9 Å². The quantitative estimate of drug-likeness (QED) is 0.946. The number of carbonyl (C=O) groups excluding carboxylic acids is 1. The maximum atomic E-state index is 11.8. The highest BCUT2D eigenvalue weighted by molar-refractivity contribution is 9.10. The molecule has 0 saturated heterocycles. The van der Waals surface area contributed by atoms with Gasteiger partial charge in [-0.25, -0.2) is 4.98 Å². The molecule has 1 aromatic carbocycles. The van der Waals surface area contributed by atoms with Crippen molar-refractivity contribution < 1.29 is 4.79 Å². The SMILES string of the molecule is Cc1cnc(CNC(=O)c2ccc(Br)cc2)s1. The molecule has 1 heterocycles. The van der Waals surface area contributed by atoms with E-state index in [2.05, 4.69) is 26.2 Å². The highest BCUT2D eigenvalue weighted by Gasteiger charge is 2.06. The van der Waals surface area contributed by atoms with Gasteiger partial charge in [-0.15, -0.1) is 11.3 Å². The number of halogens is 1. The predicted molar refractivity (Wildman–Crippen MR) is 72.2 cm³/mol. The van der Waals surface area contributed by atoms with E-state index in [9.17, 15) is 4.79 Å². The lowest BCUT2D eigenvalue weighted by molar-refractivity contribution is 0.0951. The summed E-state index contributed by atoms with van der Waals surface area (Å²) in [6, 6.07) is 7.27. The molecule has 1 aromatic heterocycles. The Kier molecular flexibility index (Phi) is 3.91. The molecule has 0 aliphatic carbocycles. The third-order valence-electron chi connectivity index (χ3n) is 2.18. The first-order valence-corrected chi connectivity index (χ1v) is 6.71. The summed E-state index contributed by atoms with van der Waals surface area (Å²) in [7, 11) is 0. The lowest BCUT2D eigenvalue weighted by Gasteiger charge is -2.02. The molecule has 3 nitrogen and oxygen atoms in total. The molecule has 0 radical (unpaired) electrons. The summed E-state index contributed by atoms with van der Waals surface area (Å²) in [5.74, 6) is -0.0784. The van der Waals surface area contributed by atoms with Gasteiger partial charge < -0.3 is 5.32 Å². The fraction of sp³-hybridized carbons (Fsp3) is 0.167. The van der Waals surface area contributed by atoms with Gasteiger partial charge in [0.05, 0.1) is 6.54 Å². The molecule has 88 valence electrons. The molecule has 5 heteroatoms. The third-order valence-corrected chi connectivity index (χ3v) is 3.62. The molecule has 0 bridgehead atoms. The molecule has 1 N–H and O–H groups in total. The van der Waals surface area contributed by atoms with E-state index in [4.69, 9.17) is 0 Å². The van der Waals surface area contributed by atoms with E-state index in [0.29, 0.717) is 12.1 Å². The molecule has 0 aliphatic rings. The number of nitrogens with zero attached hydrogens (tertiary/aromatic N) is 1. The summed E-state index contributed by atoms with van der Waals surface area (Å²) in [5, 5.41) is 3.77. The molecule has 0 saturated carbocycles. The van der Waals surface area contributed by atoms with Gasteiger partial charge in [-0.1, -0.05) is 15.9 Å². The largest absolute Gasteiger partial charge is 0.346 e. The van der Waals surface area contributed by atoms with Gasteiger partial charge in [0, 0.05) is 21.1 Å². The van der Waals surface area contributed by atoms with Crippen LogP contribution in [-0.4, -0.2) is 10.9 Å². The number of amides is 1. The van der Waals surface area contributed by atoms with E-state index in [1.54, 1.807) is 23.5 Å². The van der Waals surface area contributed by atoms with Crippen molar-refractivity contribution in [3.8, 4) is 0 Å². The molecule has 0 unspecified atom stereocenters. The van der Waals surface area contributed by atoms with Crippen LogP contribution in [0.5, 0.6) is 0 Å². The minimum atomic E-state index is -0.0784. The van der Waals surface area contributed by atoms with Gasteiger partial charge in [-0.2, -0.15) is 0 Å². The fourth-order valence-corrected chi connectivity index (χ4v) is 2.33. The van der Waals surface area contributed by atoms with Crippen LogP contribution in [-0.2, 0) is 6.54 Å². The van der Waals surface area contributed by atoms with Crippen LogP contribution in [0, 0.1) is 6.92 Å². The van der Waals surface area contributed by atoms with Crippen LogP contribution >= 0.6 is 27.3 Å². The monoisotopic (exact) mass is 310 g/mol. The second kappa shape index (κ2) is 5.42. The molecular weight excluding hydrogens is 300 g/mol. The summed E-state index contributed by atoms with van der Waals surface area (Å²) in [5.41, 5.74) is 0.654. The van der Waals surface area contributed by atoms with E-state index in [0.717, 1.165) is 14.4 Å². The van der Waals surface area contributed by atoms with Crippen molar-refractivity contribution in [3.05, 3.63) is 50.4 Å². The minimum absolute atomic E-state index is 0.0784. The average Bonchev–Trinajstić information content (AvgIpc) is 2.73.